The lowest BCUT2D eigenvalue weighted by Gasteiger charge is -2.37. The van der Waals surface area contributed by atoms with Crippen molar-refractivity contribution in [2.75, 3.05) is 0 Å². The monoisotopic (exact) mass is 349 g/mol. The van der Waals surface area contributed by atoms with Crippen molar-refractivity contribution in [2.24, 2.45) is 0 Å². The first kappa shape index (κ1) is 15.3. The average Bonchev–Trinajstić information content (AvgIpc) is 2.62. The fourth-order valence-corrected chi connectivity index (χ4v) is 4.62. The molecule has 2 aromatic carbocycles. The second-order valence-electron chi connectivity index (χ2n) is 5.79. The number of thioether (sulfide) groups is 1. The van der Waals surface area contributed by atoms with Crippen LogP contribution in [-0.2, 0) is 4.87 Å². The van der Waals surface area contributed by atoms with Gasteiger partial charge in [0.2, 0.25) is 0 Å². The molecule has 1 atom stereocenters. The van der Waals surface area contributed by atoms with Crippen LogP contribution >= 0.6 is 24.0 Å². The highest BCUT2D eigenvalue weighted by Crippen LogP contribution is 2.44. The lowest BCUT2D eigenvalue weighted by molar-refractivity contribution is 0.645. The molecule has 0 fully saturated rings. The molecule has 3 aromatic rings. The van der Waals surface area contributed by atoms with Gasteiger partial charge in [-0.3, -0.25) is 0 Å². The van der Waals surface area contributed by atoms with E-state index in [1.165, 1.54) is 10.5 Å². The lowest BCUT2D eigenvalue weighted by Crippen LogP contribution is -2.43. The molecule has 0 aliphatic carbocycles. The highest BCUT2D eigenvalue weighted by molar-refractivity contribution is 8.00. The number of nitrogens with one attached hydrogen (secondary N) is 1. The van der Waals surface area contributed by atoms with Crippen LogP contribution in [0.15, 0.2) is 72.1 Å². The van der Waals surface area contributed by atoms with Gasteiger partial charge in [-0.1, -0.05) is 60.4 Å². The molecule has 1 aliphatic rings. The predicted octanol–water partition coefficient (Wildman–Crippen LogP) is 4.39. The van der Waals surface area contributed by atoms with E-state index >= 15 is 0 Å². The van der Waals surface area contributed by atoms with Crippen LogP contribution in [0, 0.1) is 0 Å². The van der Waals surface area contributed by atoms with Gasteiger partial charge in [0.15, 0.2) is 0 Å². The van der Waals surface area contributed by atoms with E-state index in [9.17, 15) is 0 Å². The van der Waals surface area contributed by atoms with Crippen molar-refractivity contribution >= 4 is 29.0 Å². The quantitative estimate of drug-likeness (QED) is 0.695. The van der Waals surface area contributed by atoms with E-state index in [-0.39, 0.29) is 4.87 Å². The summed E-state index contributed by atoms with van der Waals surface area (Å²) in [5, 5.41) is 3.51. The zero-order chi connectivity index (χ0) is 16.6. The van der Waals surface area contributed by atoms with Gasteiger partial charge in [0.1, 0.15) is 16.2 Å². The number of nitrogens with zero attached hydrogens (tertiary/aromatic N) is 2. The van der Waals surface area contributed by atoms with Crippen LogP contribution in [0.3, 0.4) is 0 Å². The van der Waals surface area contributed by atoms with Crippen molar-refractivity contribution in [3.05, 3.63) is 78.4 Å². The molecule has 1 aromatic heterocycles. The van der Waals surface area contributed by atoms with Gasteiger partial charge in [0, 0.05) is 28.4 Å². The summed E-state index contributed by atoms with van der Waals surface area (Å²) in [6, 6.07) is 16.7. The Hall–Kier alpha value is -2.24. The summed E-state index contributed by atoms with van der Waals surface area (Å²) in [6.45, 7) is 2.17. The smallest absolute Gasteiger partial charge is 0.115 e. The maximum atomic E-state index is 5.59. The fourth-order valence-electron chi connectivity index (χ4n) is 2.85. The van der Waals surface area contributed by atoms with Gasteiger partial charge in [-0.2, -0.15) is 0 Å². The minimum Gasteiger partial charge on any atom is -0.357 e. The van der Waals surface area contributed by atoms with Gasteiger partial charge in [0.05, 0.1) is 0 Å². The van der Waals surface area contributed by atoms with Gasteiger partial charge >= 0.3 is 0 Å². The maximum Gasteiger partial charge on any atom is 0.115 e. The molecule has 0 spiro atoms. The highest BCUT2D eigenvalue weighted by atomic mass is 32.2. The lowest BCUT2D eigenvalue weighted by atomic mass is 10.0. The number of aromatic nitrogens is 2. The number of fused-ring (bicyclic) bond motifs is 1. The van der Waals surface area contributed by atoms with E-state index in [0.717, 1.165) is 21.7 Å². The summed E-state index contributed by atoms with van der Waals surface area (Å²) in [6.07, 6.45) is 5.20. The van der Waals surface area contributed by atoms with Gasteiger partial charge in [-0.25, -0.2) is 9.97 Å². The molecule has 1 aliphatic heterocycles. The van der Waals surface area contributed by atoms with Crippen molar-refractivity contribution in [1.82, 2.24) is 15.3 Å². The molecule has 0 saturated carbocycles. The number of hydrogen-bond donors (Lipinski definition) is 1. The Morgan fingerprint density at radius 3 is 2.62 bits per heavy atom. The predicted molar refractivity (Wildman–Crippen MR) is 102 cm³/mol. The third-order valence-corrected chi connectivity index (χ3v) is 5.75. The van der Waals surface area contributed by atoms with Crippen LogP contribution < -0.4 is 5.32 Å². The molecule has 0 saturated heterocycles. The Morgan fingerprint density at radius 2 is 1.79 bits per heavy atom. The van der Waals surface area contributed by atoms with Crippen LogP contribution in [0.5, 0.6) is 0 Å². The van der Waals surface area contributed by atoms with Crippen molar-refractivity contribution in [3.8, 4) is 11.1 Å². The molecule has 118 valence electrons. The zero-order valence-corrected chi connectivity index (χ0v) is 14.7. The molecule has 1 unspecified atom stereocenters. The summed E-state index contributed by atoms with van der Waals surface area (Å²) < 4.78 is 0. The molecular formula is C19H15N3S2. The first-order chi connectivity index (χ1) is 11.7. The van der Waals surface area contributed by atoms with Crippen LogP contribution in [0.4, 0.5) is 0 Å². The third kappa shape index (κ3) is 2.70. The van der Waals surface area contributed by atoms with Crippen molar-refractivity contribution in [2.45, 2.75) is 16.7 Å². The molecule has 24 heavy (non-hydrogen) atoms. The molecule has 0 amide bonds. The number of rotatable bonds is 2. The Kier molecular flexibility index (Phi) is 3.82. The van der Waals surface area contributed by atoms with Gasteiger partial charge in [-0.05, 0) is 30.2 Å². The topological polar surface area (TPSA) is 37.8 Å². The zero-order valence-electron chi connectivity index (χ0n) is 13.1. The first-order valence-corrected chi connectivity index (χ1v) is 8.85. The van der Waals surface area contributed by atoms with Gasteiger partial charge in [-0.15, -0.1) is 0 Å². The average molecular weight is 349 g/mol. The van der Waals surface area contributed by atoms with Crippen LogP contribution in [0.25, 0.3) is 11.1 Å². The molecule has 3 nitrogen and oxygen atoms in total. The minimum absolute atomic E-state index is 0.308. The minimum atomic E-state index is -0.308. The van der Waals surface area contributed by atoms with E-state index in [0.29, 0.717) is 0 Å². The van der Waals surface area contributed by atoms with Crippen LogP contribution in [-0.4, -0.2) is 15.0 Å². The van der Waals surface area contributed by atoms with Crippen molar-refractivity contribution < 1.29 is 0 Å². The Balaban J connectivity index is 1.75. The number of hydrogen-bond acceptors (Lipinski definition) is 4. The molecule has 0 radical (unpaired) electrons. The van der Waals surface area contributed by atoms with E-state index < -0.39 is 0 Å². The van der Waals surface area contributed by atoms with Crippen LogP contribution in [0.2, 0.25) is 0 Å². The van der Waals surface area contributed by atoms with Gasteiger partial charge in [0.25, 0.3) is 0 Å². The van der Waals surface area contributed by atoms with E-state index in [1.807, 2.05) is 18.5 Å². The summed E-state index contributed by atoms with van der Waals surface area (Å²) in [7, 11) is 0. The first-order valence-electron chi connectivity index (χ1n) is 7.62. The summed E-state index contributed by atoms with van der Waals surface area (Å²) >= 11 is 7.38. The third-order valence-electron chi connectivity index (χ3n) is 4.11. The summed E-state index contributed by atoms with van der Waals surface area (Å²) in [5.41, 5.74) is 4.38. The molecule has 4 rings (SSSR count). The summed E-state index contributed by atoms with van der Waals surface area (Å²) in [4.78, 5) is 9.91. The highest BCUT2D eigenvalue weighted by Gasteiger charge is 2.34. The Morgan fingerprint density at radius 1 is 1.00 bits per heavy atom. The van der Waals surface area contributed by atoms with Gasteiger partial charge < -0.3 is 5.32 Å². The van der Waals surface area contributed by atoms with Crippen molar-refractivity contribution in [1.29, 1.82) is 0 Å². The Bertz CT molecular complexity index is 911. The van der Waals surface area contributed by atoms with E-state index in [1.54, 1.807) is 18.1 Å². The second-order valence-corrected chi connectivity index (χ2v) is 7.66. The molecule has 0 bridgehead atoms. The van der Waals surface area contributed by atoms with E-state index in [2.05, 4.69) is 64.7 Å². The maximum absolute atomic E-state index is 5.59. The fraction of sp³-hybridized carbons (Fsp3) is 0.105. The van der Waals surface area contributed by atoms with E-state index in [4.69, 9.17) is 12.2 Å². The second kappa shape index (κ2) is 6.00. The molecule has 5 heteroatoms. The number of benzene rings is 2. The SMILES string of the molecule is CC1(c2cccc(-c3cncnc3)c2)NC(=S)c2ccccc2S1. The molecule has 1 N–H and O–H groups in total. The number of thiocarbonyl (C=S) groups is 1. The molecular weight excluding hydrogens is 334 g/mol. The molecule has 2 heterocycles. The van der Waals surface area contributed by atoms with Crippen molar-refractivity contribution in [3.63, 3.8) is 0 Å². The van der Waals surface area contributed by atoms with Crippen LogP contribution in [0.1, 0.15) is 18.1 Å². The standard InChI is InChI=1S/C19H15N3S2/c1-19(22-18(23)16-7-2-3-8-17(16)24-19)15-6-4-5-13(9-15)14-10-20-12-21-11-14/h2-12H,1H3,(H,22,23). The summed E-state index contributed by atoms with van der Waals surface area (Å²) in [5.74, 6) is 0. The normalized spacial score (nSPS) is 19.5. The largest absolute Gasteiger partial charge is 0.357 e. The Labute approximate surface area is 150 Å².